The number of ether oxygens (including phenoxy) is 1. The van der Waals surface area contributed by atoms with Crippen molar-refractivity contribution >= 4 is 40.9 Å². The summed E-state index contributed by atoms with van der Waals surface area (Å²) in [5.74, 6) is -0.723. The quantitative estimate of drug-likeness (QED) is 0.211. The summed E-state index contributed by atoms with van der Waals surface area (Å²) in [6.45, 7) is 3.88. The van der Waals surface area contributed by atoms with Crippen LogP contribution >= 0.6 is 11.8 Å². The molecule has 3 aromatic carbocycles. The number of rotatable bonds is 10. The second kappa shape index (κ2) is 12.6. The molecule has 6 nitrogen and oxygen atoms in total. The first kappa shape index (κ1) is 25.1. The summed E-state index contributed by atoms with van der Waals surface area (Å²) >= 11 is 1.39. The summed E-state index contributed by atoms with van der Waals surface area (Å²) in [6, 6.07) is 23.6. The molecule has 0 spiro atoms. The number of thioether (sulfide) groups is 1. The molecule has 0 radical (unpaired) electrons. The molecule has 7 heteroatoms. The van der Waals surface area contributed by atoms with Crippen molar-refractivity contribution in [2.45, 2.75) is 36.8 Å². The first-order valence-corrected chi connectivity index (χ1v) is 12.0. The zero-order chi connectivity index (χ0) is 24.3. The zero-order valence-electron chi connectivity index (χ0n) is 19.2. The molecule has 0 aliphatic carbocycles. The first-order chi connectivity index (χ1) is 16.5. The molecule has 2 N–H and O–H groups in total. The van der Waals surface area contributed by atoms with Crippen LogP contribution in [0.4, 0.5) is 11.4 Å². The Hall–Kier alpha value is -3.58. The number of carbonyl (C=O) groups excluding carboxylic acids is 3. The summed E-state index contributed by atoms with van der Waals surface area (Å²) in [7, 11) is 0. The molecule has 1 unspecified atom stereocenters. The van der Waals surface area contributed by atoms with Crippen molar-refractivity contribution in [3.05, 3.63) is 90.0 Å². The van der Waals surface area contributed by atoms with Gasteiger partial charge in [-0.2, -0.15) is 0 Å². The molecular formula is C27H28N2O4S. The lowest BCUT2D eigenvalue weighted by Gasteiger charge is -2.18. The molecule has 0 saturated carbocycles. The van der Waals surface area contributed by atoms with Crippen molar-refractivity contribution in [1.29, 1.82) is 0 Å². The molecule has 0 heterocycles. The van der Waals surface area contributed by atoms with E-state index in [1.54, 1.807) is 30.3 Å². The van der Waals surface area contributed by atoms with Gasteiger partial charge in [0.25, 0.3) is 0 Å². The van der Waals surface area contributed by atoms with Crippen LogP contribution in [0.3, 0.4) is 0 Å². The number of anilines is 2. The Morgan fingerprint density at radius 3 is 2.29 bits per heavy atom. The molecule has 1 atom stereocenters. The van der Waals surface area contributed by atoms with Gasteiger partial charge in [0.1, 0.15) is 5.25 Å². The predicted octanol–water partition coefficient (Wildman–Crippen LogP) is 6.07. The largest absolute Gasteiger partial charge is 0.462 e. The topological polar surface area (TPSA) is 84.5 Å². The number of esters is 1. The molecule has 0 aliphatic heterocycles. The third-order valence-electron chi connectivity index (χ3n) is 4.87. The van der Waals surface area contributed by atoms with Crippen LogP contribution in [0.15, 0.2) is 83.8 Å². The van der Waals surface area contributed by atoms with Crippen molar-refractivity contribution < 1.29 is 19.1 Å². The number of carbonyl (C=O) groups is 3. The molecule has 0 aromatic heterocycles. The van der Waals surface area contributed by atoms with Gasteiger partial charge in [-0.05, 0) is 54.4 Å². The van der Waals surface area contributed by atoms with Gasteiger partial charge in [-0.15, -0.1) is 11.8 Å². The van der Waals surface area contributed by atoms with Crippen molar-refractivity contribution in [3.8, 4) is 0 Å². The highest BCUT2D eigenvalue weighted by molar-refractivity contribution is 8.00. The Kier molecular flexibility index (Phi) is 9.29. The highest BCUT2D eigenvalue weighted by Gasteiger charge is 2.22. The highest BCUT2D eigenvalue weighted by atomic mass is 32.2. The van der Waals surface area contributed by atoms with E-state index in [1.165, 1.54) is 18.7 Å². The predicted molar refractivity (Wildman–Crippen MR) is 136 cm³/mol. The smallest absolute Gasteiger partial charge is 0.338 e. The van der Waals surface area contributed by atoms with E-state index in [1.807, 2.05) is 55.5 Å². The molecule has 0 fully saturated rings. The average Bonchev–Trinajstić information content (AvgIpc) is 2.83. The van der Waals surface area contributed by atoms with Gasteiger partial charge in [-0.25, -0.2) is 4.79 Å². The average molecular weight is 477 g/mol. The lowest BCUT2D eigenvalue weighted by Crippen LogP contribution is -2.19. The number of benzene rings is 3. The lowest BCUT2D eigenvalue weighted by molar-refractivity contribution is -0.116. The van der Waals surface area contributed by atoms with Gasteiger partial charge in [0.2, 0.25) is 11.8 Å². The molecule has 3 aromatic rings. The molecular weight excluding hydrogens is 448 g/mol. The Balaban J connectivity index is 1.74. The van der Waals surface area contributed by atoms with Gasteiger partial charge in [0.05, 0.1) is 12.2 Å². The summed E-state index contributed by atoms with van der Waals surface area (Å²) in [6.07, 6.45) is 1.78. The fourth-order valence-corrected chi connectivity index (χ4v) is 4.26. The molecule has 0 aliphatic rings. The van der Waals surface area contributed by atoms with Crippen LogP contribution in [-0.2, 0) is 14.3 Å². The Bertz CT molecular complexity index is 1120. The van der Waals surface area contributed by atoms with E-state index in [-0.39, 0.29) is 17.8 Å². The molecule has 0 saturated heterocycles. The normalized spacial score (nSPS) is 11.4. The van der Waals surface area contributed by atoms with Crippen LogP contribution in [-0.4, -0.2) is 24.4 Å². The van der Waals surface area contributed by atoms with Crippen LogP contribution in [0, 0.1) is 0 Å². The number of hydrogen-bond donors (Lipinski definition) is 2. The van der Waals surface area contributed by atoms with E-state index in [2.05, 4.69) is 10.6 Å². The molecule has 176 valence electrons. The van der Waals surface area contributed by atoms with E-state index in [0.717, 1.165) is 23.3 Å². The number of amides is 2. The van der Waals surface area contributed by atoms with Crippen LogP contribution in [0.1, 0.15) is 47.9 Å². The SMILES string of the molecule is CCCCOC(=O)c1ccc(NC(=O)C(Sc2cccc(NC(C)=O)c2)c2ccccc2)cc1. The van der Waals surface area contributed by atoms with Crippen molar-refractivity contribution in [1.82, 2.24) is 0 Å². The minimum absolute atomic E-state index is 0.155. The number of nitrogens with one attached hydrogen (secondary N) is 2. The monoisotopic (exact) mass is 476 g/mol. The Morgan fingerprint density at radius 2 is 1.62 bits per heavy atom. The first-order valence-electron chi connectivity index (χ1n) is 11.1. The molecule has 34 heavy (non-hydrogen) atoms. The van der Waals surface area contributed by atoms with Crippen LogP contribution < -0.4 is 10.6 Å². The summed E-state index contributed by atoms with van der Waals surface area (Å²) < 4.78 is 5.23. The third kappa shape index (κ3) is 7.49. The van der Waals surface area contributed by atoms with E-state index >= 15 is 0 Å². The molecule has 3 rings (SSSR count). The van der Waals surface area contributed by atoms with E-state index in [4.69, 9.17) is 4.74 Å². The van der Waals surface area contributed by atoms with Gasteiger partial charge < -0.3 is 15.4 Å². The highest BCUT2D eigenvalue weighted by Crippen LogP contribution is 2.37. The van der Waals surface area contributed by atoms with Crippen LogP contribution in [0.5, 0.6) is 0 Å². The van der Waals surface area contributed by atoms with Crippen molar-refractivity contribution in [2.75, 3.05) is 17.2 Å². The van der Waals surface area contributed by atoms with E-state index in [9.17, 15) is 14.4 Å². The second-order valence-corrected chi connectivity index (χ2v) is 8.85. The summed E-state index contributed by atoms with van der Waals surface area (Å²) in [5, 5.41) is 5.19. The van der Waals surface area contributed by atoms with Gasteiger partial charge in [0, 0.05) is 23.2 Å². The van der Waals surface area contributed by atoms with E-state index < -0.39 is 5.25 Å². The third-order valence-corrected chi connectivity index (χ3v) is 6.12. The number of hydrogen-bond acceptors (Lipinski definition) is 5. The van der Waals surface area contributed by atoms with Crippen molar-refractivity contribution in [2.24, 2.45) is 0 Å². The Labute approximate surface area is 204 Å². The van der Waals surface area contributed by atoms with Crippen molar-refractivity contribution in [3.63, 3.8) is 0 Å². The van der Waals surface area contributed by atoms with Crippen LogP contribution in [0.25, 0.3) is 0 Å². The molecule has 0 bridgehead atoms. The van der Waals surface area contributed by atoms with Gasteiger partial charge >= 0.3 is 5.97 Å². The maximum atomic E-state index is 13.3. The number of unbranched alkanes of at least 4 members (excludes halogenated alkanes) is 1. The van der Waals surface area contributed by atoms with Gasteiger partial charge in [-0.3, -0.25) is 9.59 Å². The fourth-order valence-electron chi connectivity index (χ4n) is 3.18. The zero-order valence-corrected chi connectivity index (χ0v) is 20.1. The second-order valence-electron chi connectivity index (χ2n) is 7.67. The Morgan fingerprint density at radius 1 is 0.882 bits per heavy atom. The molecule has 2 amide bonds. The summed E-state index contributed by atoms with van der Waals surface area (Å²) in [5.41, 5.74) is 2.55. The maximum Gasteiger partial charge on any atom is 0.338 e. The maximum absolute atomic E-state index is 13.3. The van der Waals surface area contributed by atoms with Crippen LogP contribution in [0.2, 0.25) is 0 Å². The fraction of sp³-hybridized carbons (Fsp3) is 0.222. The minimum atomic E-state index is -0.521. The van der Waals surface area contributed by atoms with Gasteiger partial charge in [0.15, 0.2) is 0 Å². The van der Waals surface area contributed by atoms with E-state index in [0.29, 0.717) is 23.5 Å². The van der Waals surface area contributed by atoms with Gasteiger partial charge in [-0.1, -0.05) is 49.7 Å². The standard InChI is InChI=1S/C27H28N2O4S/c1-3-4-17-33-27(32)21-13-15-22(16-14-21)29-26(31)25(20-9-6-5-7-10-20)34-24-12-8-11-23(18-24)28-19(2)30/h5-16,18,25H,3-4,17H2,1-2H3,(H,28,30)(H,29,31). The lowest BCUT2D eigenvalue weighted by atomic mass is 10.1. The summed E-state index contributed by atoms with van der Waals surface area (Å²) in [4.78, 5) is 37.6. The minimum Gasteiger partial charge on any atom is -0.462 e.